The summed E-state index contributed by atoms with van der Waals surface area (Å²) in [5, 5.41) is 15.4. The second kappa shape index (κ2) is 24.1. The van der Waals surface area contributed by atoms with Crippen LogP contribution in [0, 0.1) is 5.92 Å². The lowest BCUT2D eigenvalue weighted by molar-refractivity contribution is -0.191. The standard InChI is InChI=1S/C21H24ClF5N4O5.C8H10OS.C4H10.CO2/c1-11(30-16(33)12-4-2-5-13(22)8-12)18(35)31-7-3-6-14(31)17(34)28-9-15(32)21(26,27)19(36)29-10-20(23,24)25;1-9-8-4-2-7(6-10)3-5-8;1-4(2)3;2-1-3/h2,4-5,8,11,14-15,32H,3,6-7,9-10H2,1H3,(H,28,34)(H,29,36)(H,30,33);2-5,10H,6H2,1H3;4H,1-3H3;. The lowest BCUT2D eigenvalue weighted by atomic mass is 10.1. The minimum Gasteiger partial charge on any atom is -0.497 e. The van der Waals surface area contributed by atoms with Crippen LogP contribution in [0.1, 0.15) is 56.5 Å². The molecular weight excluding hydrogens is 755 g/mol. The van der Waals surface area contributed by atoms with Gasteiger partial charge in [-0.3, -0.25) is 19.2 Å². The molecule has 3 rings (SSSR count). The Morgan fingerprint density at radius 2 is 1.58 bits per heavy atom. The Kier molecular flexibility index (Phi) is 22.2. The summed E-state index contributed by atoms with van der Waals surface area (Å²) in [5.41, 5.74) is 1.41. The second-order valence-electron chi connectivity index (χ2n) is 11.9. The van der Waals surface area contributed by atoms with Crippen molar-refractivity contribution in [3.8, 4) is 5.75 Å². The SMILES string of the molecule is CC(C)C.CC(NC(=O)c1cccc(Cl)c1)C(=O)N1CCCC1C(=O)NCC(O)C(F)(F)C(=O)NCC(F)(F)F.COc1ccc(CS)cc1.O=C=O. The Bertz CT molecular complexity index is 1470. The van der Waals surface area contributed by atoms with Gasteiger partial charge in [0.15, 0.2) is 0 Å². The largest absolute Gasteiger partial charge is 0.497 e. The van der Waals surface area contributed by atoms with Crippen LogP contribution in [0.15, 0.2) is 48.5 Å². The first kappa shape index (κ1) is 48.8. The summed E-state index contributed by atoms with van der Waals surface area (Å²) < 4.78 is 69.2. The first-order valence-corrected chi connectivity index (χ1v) is 16.9. The van der Waals surface area contributed by atoms with E-state index in [1.54, 1.807) is 19.2 Å². The quantitative estimate of drug-likeness (QED) is 0.164. The molecule has 0 aliphatic carbocycles. The molecule has 53 heavy (non-hydrogen) atoms. The number of methoxy groups -OCH3 is 1. The third-order valence-corrected chi connectivity index (χ3v) is 7.23. The highest BCUT2D eigenvalue weighted by atomic mass is 35.5. The third kappa shape index (κ3) is 18.9. The molecular formula is C34H44ClF5N4O8S. The molecule has 4 amide bonds. The summed E-state index contributed by atoms with van der Waals surface area (Å²) in [6, 6.07) is 11.7. The van der Waals surface area contributed by atoms with Crippen LogP contribution >= 0.6 is 24.2 Å². The van der Waals surface area contributed by atoms with Crippen LogP contribution in [-0.2, 0) is 29.7 Å². The number of carbonyl (C=O) groups is 4. The number of alkyl halides is 5. The highest BCUT2D eigenvalue weighted by Gasteiger charge is 2.48. The molecule has 12 nitrogen and oxygen atoms in total. The maximum atomic E-state index is 13.9. The van der Waals surface area contributed by atoms with Crippen LogP contribution in [-0.4, -0.2) is 96.8 Å². The highest BCUT2D eigenvalue weighted by molar-refractivity contribution is 7.79. The van der Waals surface area contributed by atoms with E-state index in [0.717, 1.165) is 27.6 Å². The van der Waals surface area contributed by atoms with Crippen molar-refractivity contribution in [3.63, 3.8) is 0 Å². The van der Waals surface area contributed by atoms with Crippen molar-refractivity contribution in [1.29, 1.82) is 0 Å². The topological polar surface area (TPSA) is 171 Å². The van der Waals surface area contributed by atoms with Gasteiger partial charge in [-0.05, 0) is 61.6 Å². The summed E-state index contributed by atoms with van der Waals surface area (Å²) in [7, 11) is 1.66. The van der Waals surface area contributed by atoms with Crippen molar-refractivity contribution < 1.29 is 60.6 Å². The molecule has 3 unspecified atom stereocenters. The van der Waals surface area contributed by atoms with Crippen LogP contribution in [0.3, 0.4) is 0 Å². The number of ether oxygens (including phenoxy) is 1. The summed E-state index contributed by atoms with van der Waals surface area (Å²) in [6.07, 6.45) is -6.97. The van der Waals surface area contributed by atoms with Crippen molar-refractivity contribution in [2.45, 2.75) is 76.6 Å². The summed E-state index contributed by atoms with van der Waals surface area (Å²) in [6.45, 7) is 4.84. The van der Waals surface area contributed by atoms with E-state index in [1.165, 1.54) is 24.6 Å². The normalized spacial score (nSPS) is 14.7. The number of aliphatic hydroxyl groups is 1. The molecule has 1 aliphatic heterocycles. The van der Waals surface area contributed by atoms with E-state index < -0.39 is 67.0 Å². The van der Waals surface area contributed by atoms with Gasteiger partial charge in [-0.15, -0.1) is 0 Å². The molecule has 1 heterocycles. The summed E-state index contributed by atoms with van der Waals surface area (Å²) in [4.78, 5) is 66.4. The van der Waals surface area contributed by atoms with E-state index in [1.807, 2.05) is 29.6 Å². The number of thiol groups is 1. The number of aliphatic hydroxyl groups excluding tert-OH is 1. The number of hydrogen-bond donors (Lipinski definition) is 5. The van der Waals surface area contributed by atoms with Gasteiger partial charge in [-0.1, -0.05) is 50.6 Å². The van der Waals surface area contributed by atoms with Crippen LogP contribution in [0.5, 0.6) is 5.75 Å². The Balaban J connectivity index is 0.00000131. The third-order valence-electron chi connectivity index (χ3n) is 6.63. The predicted molar refractivity (Wildman–Crippen MR) is 187 cm³/mol. The zero-order chi connectivity index (χ0) is 40.9. The molecule has 296 valence electrons. The van der Waals surface area contributed by atoms with E-state index in [2.05, 4.69) is 38.7 Å². The molecule has 1 fully saturated rings. The van der Waals surface area contributed by atoms with Gasteiger partial charge < -0.3 is 30.7 Å². The van der Waals surface area contributed by atoms with Crippen molar-refractivity contribution in [2.75, 3.05) is 26.7 Å². The van der Waals surface area contributed by atoms with Gasteiger partial charge >= 0.3 is 18.3 Å². The maximum Gasteiger partial charge on any atom is 0.405 e. The van der Waals surface area contributed by atoms with Crippen molar-refractivity contribution >= 4 is 54.0 Å². The Hall–Kier alpha value is -4.25. The lowest BCUT2D eigenvalue weighted by Crippen LogP contribution is -2.56. The molecule has 19 heteroatoms. The zero-order valence-electron chi connectivity index (χ0n) is 29.6. The fourth-order valence-electron chi connectivity index (χ4n) is 4.15. The smallest absolute Gasteiger partial charge is 0.405 e. The van der Waals surface area contributed by atoms with E-state index in [9.17, 15) is 46.2 Å². The number of nitrogens with zero attached hydrogens (tertiary/aromatic N) is 1. The van der Waals surface area contributed by atoms with Gasteiger partial charge in [0.2, 0.25) is 11.8 Å². The van der Waals surface area contributed by atoms with Crippen molar-refractivity contribution in [1.82, 2.24) is 20.9 Å². The molecule has 1 aliphatic rings. The Labute approximate surface area is 314 Å². The first-order valence-electron chi connectivity index (χ1n) is 15.9. The van der Waals surface area contributed by atoms with Crippen LogP contribution in [0.4, 0.5) is 22.0 Å². The molecule has 1 saturated heterocycles. The second-order valence-corrected chi connectivity index (χ2v) is 12.7. The number of carbonyl (C=O) groups excluding carboxylic acids is 6. The summed E-state index contributed by atoms with van der Waals surface area (Å²) in [5.74, 6) is -6.60. The first-order chi connectivity index (χ1) is 24.6. The molecule has 2 aromatic carbocycles. The lowest BCUT2D eigenvalue weighted by Gasteiger charge is -2.28. The van der Waals surface area contributed by atoms with Gasteiger partial charge in [-0.2, -0.15) is 44.2 Å². The van der Waals surface area contributed by atoms with Crippen LogP contribution in [0.25, 0.3) is 0 Å². The Morgan fingerprint density at radius 3 is 2.08 bits per heavy atom. The molecule has 0 bridgehead atoms. The molecule has 0 saturated carbocycles. The van der Waals surface area contributed by atoms with Crippen LogP contribution in [0.2, 0.25) is 5.02 Å². The molecule has 0 spiro atoms. The predicted octanol–water partition coefficient (Wildman–Crippen LogP) is 4.44. The molecule has 0 aromatic heterocycles. The number of nitrogens with one attached hydrogen (secondary N) is 3. The van der Waals surface area contributed by atoms with E-state index in [0.29, 0.717) is 11.4 Å². The molecule has 0 radical (unpaired) electrons. The van der Waals surface area contributed by atoms with Crippen molar-refractivity contribution in [3.05, 3.63) is 64.7 Å². The van der Waals surface area contributed by atoms with Crippen molar-refractivity contribution in [2.24, 2.45) is 5.92 Å². The summed E-state index contributed by atoms with van der Waals surface area (Å²) >= 11 is 9.98. The fraction of sp³-hybridized carbons (Fsp3) is 0.500. The van der Waals surface area contributed by atoms with Gasteiger partial charge in [0.25, 0.3) is 11.8 Å². The number of likely N-dealkylation sites (tertiary alicyclic amines) is 1. The average molecular weight is 799 g/mol. The minimum absolute atomic E-state index is 0.132. The van der Waals surface area contributed by atoms with Gasteiger partial charge in [0.1, 0.15) is 30.5 Å². The average Bonchev–Trinajstić information content (AvgIpc) is 3.59. The Morgan fingerprint density at radius 1 is 1.02 bits per heavy atom. The number of benzene rings is 2. The number of rotatable bonds is 11. The zero-order valence-corrected chi connectivity index (χ0v) is 31.3. The maximum absolute atomic E-state index is 13.9. The monoisotopic (exact) mass is 798 g/mol. The number of hydrogen-bond acceptors (Lipinski definition) is 9. The van der Waals surface area contributed by atoms with Crippen LogP contribution < -0.4 is 20.7 Å². The molecule has 4 N–H and O–H groups in total. The number of halogens is 6. The van der Waals surface area contributed by atoms with Gasteiger partial charge in [0.05, 0.1) is 13.7 Å². The highest BCUT2D eigenvalue weighted by Crippen LogP contribution is 2.22. The molecule has 2 aromatic rings. The van der Waals surface area contributed by atoms with Gasteiger partial charge in [-0.25, -0.2) is 0 Å². The fourth-order valence-corrected chi connectivity index (χ4v) is 4.55. The van der Waals surface area contributed by atoms with Gasteiger partial charge in [0, 0.05) is 22.9 Å². The van der Waals surface area contributed by atoms with E-state index >= 15 is 0 Å². The van der Waals surface area contributed by atoms with E-state index in [4.69, 9.17) is 25.9 Å². The van der Waals surface area contributed by atoms with E-state index in [-0.39, 0.29) is 24.7 Å². The minimum atomic E-state index is -4.94. The molecule has 3 atom stereocenters. The number of amides is 4.